The maximum atomic E-state index is 5.98. The molecule has 0 saturated heterocycles. The monoisotopic (exact) mass is 278 g/mol. The van der Waals surface area contributed by atoms with E-state index in [1.54, 1.807) is 7.11 Å². The number of likely N-dealkylation sites (N-methyl/N-ethyl adjacent to an activating group) is 1. The number of hydrogen-bond donors (Lipinski definition) is 1. The smallest absolute Gasteiger partial charge is 0.122 e. The molecule has 0 spiro atoms. The molecule has 0 aliphatic rings. The minimum atomic E-state index is 0.179. The molecule has 114 valence electrons. The lowest BCUT2D eigenvalue weighted by Crippen LogP contribution is -2.50. The van der Waals surface area contributed by atoms with Crippen molar-refractivity contribution >= 4 is 0 Å². The first-order valence-corrected chi connectivity index (χ1v) is 7.35. The molecule has 1 aromatic carbocycles. The van der Waals surface area contributed by atoms with E-state index in [2.05, 4.69) is 51.8 Å². The topological polar surface area (TPSA) is 38.5 Å². The molecule has 0 aliphatic heterocycles. The van der Waals surface area contributed by atoms with Crippen molar-refractivity contribution in [3.8, 4) is 5.75 Å². The van der Waals surface area contributed by atoms with Crippen molar-refractivity contribution in [3.63, 3.8) is 0 Å². The van der Waals surface area contributed by atoms with Crippen LogP contribution in [-0.2, 0) is 6.42 Å². The number of para-hydroxylation sites is 1. The molecule has 3 heteroatoms. The van der Waals surface area contributed by atoms with E-state index in [1.165, 1.54) is 5.56 Å². The predicted octanol–water partition coefficient (Wildman–Crippen LogP) is 2.93. The van der Waals surface area contributed by atoms with Crippen LogP contribution >= 0.6 is 0 Å². The average molecular weight is 278 g/mol. The third kappa shape index (κ3) is 4.22. The van der Waals surface area contributed by atoms with E-state index in [-0.39, 0.29) is 5.41 Å². The van der Waals surface area contributed by atoms with Crippen LogP contribution in [0.2, 0.25) is 0 Å². The van der Waals surface area contributed by atoms with Gasteiger partial charge >= 0.3 is 0 Å². The number of rotatable bonds is 6. The van der Waals surface area contributed by atoms with Gasteiger partial charge in [0.05, 0.1) is 7.11 Å². The van der Waals surface area contributed by atoms with Gasteiger partial charge in [0.25, 0.3) is 0 Å². The molecule has 1 rings (SSSR count). The van der Waals surface area contributed by atoms with Crippen LogP contribution in [0.4, 0.5) is 0 Å². The van der Waals surface area contributed by atoms with Crippen molar-refractivity contribution < 1.29 is 4.74 Å². The van der Waals surface area contributed by atoms with Crippen LogP contribution in [-0.4, -0.2) is 37.7 Å². The van der Waals surface area contributed by atoms with E-state index in [9.17, 15) is 0 Å². The molecule has 0 saturated carbocycles. The predicted molar refractivity (Wildman–Crippen MR) is 86.2 cm³/mol. The molecule has 0 bridgehead atoms. The van der Waals surface area contributed by atoms with Crippen LogP contribution in [0.3, 0.4) is 0 Å². The fourth-order valence-electron chi connectivity index (χ4n) is 2.77. The van der Waals surface area contributed by atoms with Gasteiger partial charge in [-0.05, 0) is 37.4 Å². The summed E-state index contributed by atoms with van der Waals surface area (Å²) in [6, 6.07) is 9.01. The summed E-state index contributed by atoms with van der Waals surface area (Å²) in [4.78, 5) is 2.40. The van der Waals surface area contributed by atoms with Gasteiger partial charge in [0.15, 0.2) is 0 Å². The molecule has 1 aromatic rings. The first kappa shape index (κ1) is 17.0. The zero-order valence-corrected chi connectivity index (χ0v) is 13.8. The molecular weight excluding hydrogens is 248 g/mol. The second kappa shape index (κ2) is 7.09. The van der Waals surface area contributed by atoms with E-state index in [0.717, 1.165) is 12.2 Å². The molecule has 0 radical (unpaired) electrons. The summed E-state index contributed by atoms with van der Waals surface area (Å²) in [6.45, 7) is 9.67. The Balaban J connectivity index is 2.82. The molecule has 0 fully saturated rings. The number of nitrogens with zero attached hydrogens (tertiary/aromatic N) is 1. The summed E-state index contributed by atoms with van der Waals surface area (Å²) in [5.74, 6) is 0.966. The van der Waals surface area contributed by atoms with E-state index in [4.69, 9.17) is 10.5 Å². The lowest BCUT2D eigenvalue weighted by molar-refractivity contribution is 0.0963. The number of hydrogen-bond acceptors (Lipinski definition) is 3. The fourth-order valence-corrected chi connectivity index (χ4v) is 2.77. The highest BCUT2D eigenvalue weighted by Gasteiger charge is 2.29. The molecule has 20 heavy (non-hydrogen) atoms. The van der Waals surface area contributed by atoms with Gasteiger partial charge in [-0.1, -0.05) is 39.0 Å². The van der Waals surface area contributed by atoms with Crippen molar-refractivity contribution in [2.75, 3.05) is 20.7 Å². The maximum Gasteiger partial charge on any atom is 0.122 e. The highest BCUT2D eigenvalue weighted by atomic mass is 16.5. The first-order valence-electron chi connectivity index (χ1n) is 7.35. The molecule has 2 N–H and O–H groups in total. The Hall–Kier alpha value is -1.06. The molecule has 2 atom stereocenters. The highest BCUT2D eigenvalue weighted by molar-refractivity contribution is 5.33. The average Bonchev–Trinajstić information content (AvgIpc) is 2.38. The fraction of sp³-hybridized carbons (Fsp3) is 0.647. The van der Waals surface area contributed by atoms with Crippen LogP contribution in [0.1, 0.15) is 33.3 Å². The SMILES string of the molecule is COc1ccccc1CC(C)N(C)C(CN)C(C)(C)C. The number of benzene rings is 1. The van der Waals surface area contributed by atoms with Gasteiger partial charge in [-0.2, -0.15) is 0 Å². The lowest BCUT2D eigenvalue weighted by atomic mass is 9.85. The second-order valence-electron chi connectivity index (χ2n) is 6.65. The van der Waals surface area contributed by atoms with Crippen LogP contribution in [0.5, 0.6) is 5.75 Å². The van der Waals surface area contributed by atoms with Crippen molar-refractivity contribution in [2.24, 2.45) is 11.1 Å². The van der Waals surface area contributed by atoms with E-state index < -0.39 is 0 Å². The minimum Gasteiger partial charge on any atom is -0.496 e. The summed E-state index contributed by atoms with van der Waals surface area (Å²) in [6.07, 6.45) is 0.965. The Morgan fingerprint density at radius 1 is 1.25 bits per heavy atom. The molecular formula is C17H30N2O. The van der Waals surface area contributed by atoms with Crippen molar-refractivity contribution in [1.82, 2.24) is 4.90 Å². The van der Waals surface area contributed by atoms with Gasteiger partial charge in [0, 0.05) is 18.6 Å². The van der Waals surface area contributed by atoms with Gasteiger partial charge in [-0.25, -0.2) is 0 Å². The quantitative estimate of drug-likeness (QED) is 0.869. The van der Waals surface area contributed by atoms with Gasteiger partial charge in [-0.15, -0.1) is 0 Å². The van der Waals surface area contributed by atoms with Gasteiger partial charge in [0.1, 0.15) is 5.75 Å². The Kier molecular flexibility index (Phi) is 6.03. The number of ether oxygens (including phenoxy) is 1. The van der Waals surface area contributed by atoms with E-state index in [0.29, 0.717) is 18.6 Å². The first-order chi connectivity index (χ1) is 9.31. The maximum absolute atomic E-state index is 5.98. The van der Waals surface area contributed by atoms with Gasteiger partial charge in [-0.3, -0.25) is 4.90 Å². The zero-order chi connectivity index (χ0) is 15.3. The van der Waals surface area contributed by atoms with E-state index in [1.807, 2.05) is 12.1 Å². The highest BCUT2D eigenvalue weighted by Crippen LogP contribution is 2.26. The summed E-state index contributed by atoms with van der Waals surface area (Å²) in [5.41, 5.74) is 7.41. The molecule has 0 amide bonds. The zero-order valence-electron chi connectivity index (χ0n) is 13.8. The largest absolute Gasteiger partial charge is 0.496 e. The van der Waals surface area contributed by atoms with Gasteiger partial charge in [0.2, 0.25) is 0 Å². The van der Waals surface area contributed by atoms with Gasteiger partial charge < -0.3 is 10.5 Å². The Morgan fingerprint density at radius 2 is 1.85 bits per heavy atom. The normalized spacial score (nSPS) is 15.2. The summed E-state index contributed by atoms with van der Waals surface area (Å²) in [5, 5.41) is 0. The van der Waals surface area contributed by atoms with Crippen LogP contribution in [0, 0.1) is 5.41 Å². The molecule has 0 aromatic heterocycles. The second-order valence-corrected chi connectivity index (χ2v) is 6.65. The van der Waals surface area contributed by atoms with E-state index >= 15 is 0 Å². The number of methoxy groups -OCH3 is 1. The Morgan fingerprint density at radius 3 is 2.35 bits per heavy atom. The molecule has 0 aliphatic carbocycles. The Bertz CT molecular complexity index is 412. The summed E-state index contributed by atoms with van der Waals surface area (Å²) < 4.78 is 5.44. The summed E-state index contributed by atoms with van der Waals surface area (Å²) >= 11 is 0. The van der Waals surface area contributed by atoms with Crippen molar-refractivity contribution in [2.45, 2.75) is 46.2 Å². The molecule has 0 heterocycles. The third-order valence-corrected chi connectivity index (χ3v) is 4.12. The minimum absolute atomic E-state index is 0.179. The number of nitrogens with two attached hydrogens (primary N) is 1. The Labute approximate surface area is 124 Å². The standard InChI is InChI=1S/C17H30N2O/c1-13(19(5)16(12-18)17(2,3)4)11-14-9-7-8-10-15(14)20-6/h7-10,13,16H,11-12,18H2,1-6H3. The molecule has 3 nitrogen and oxygen atoms in total. The van der Waals surface area contributed by atoms with Crippen LogP contribution in [0.15, 0.2) is 24.3 Å². The lowest BCUT2D eigenvalue weighted by Gasteiger charge is -2.40. The summed E-state index contributed by atoms with van der Waals surface area (Å²) in [7, 11) is 3.90. The third-order valence-electron chi connectivity index (χ3n) is 4.12. The van der Waals surface area contributed by atoms with Crippen LogP contribution in [0.25, 0.3) is 0 Å². The van der Waals surface area contributed by atoms with Crippen molar-refractivity contribution in [3.05, 3.63) is 29.8 Å². The molecule has 2 unspecified atom stereocenters. The van der Waals surface area contributed by atoms with Crippen LogP contribution < -0.4 is 10.5 Å². The van der Waals surface area contributed by atoms with Crippen molar-refractivity contribution in [1.29, 1.82) is 0 Å².